The third-order valence-electron chi connectivity index (χ3n) is 9.49. The van der Waals surface area contributed by atoms with E-state index in [0.717, 1.165) is 116 Å². The molecule has 0 saturated carbocycles. The molecule has 1 atom stereocenters. The number of esters is 3. The fourth-order valence-corrected chi connectivity index (χ4v) is 6.08. The number of carbonyl (C=O) groups is 3. The van der Waals surface area contributed by atoms with Gasteiger partial charge >= 0.3 is 17.9 Å². The van der Waals surface area contributed by atoms with Crippen LogP contribution in [0.3, 0.4) is 0 Å². The first-order valence-corrected chi connectivity index (χ1v) is 22.8. The van der Waals surface area contributed by atoms with Crippen LogP contribution in [-0.4, -0.2) is 37.2 Å². The van der Waals surface area contributed by atoms with Crippen molar-refractivity contribution in [3.05, 3.63) is 60.8 Å². The molecule has 55 heavy (non-hydrogen) atoms. The number of unbranched alkanes of at least 4 members (excludes halogenated alkanes) is 19. The smallest absolute Gasteiger partial charge is 0.306 e. The topological polar surface area (TPSA) is 78.9 Å². The highest BCUT2D eigenvalue weighted by Crippen LogP contribution is 2.14. The Kier molecular flexibility index (Phi) is 41.5. The average Bonchev–Trinajstić information content (AvgIpc) is 3.18. The van der Waals surface area contributed by atoms with E-state index in [-0.39, 0.29) is 31.1 Å². The van der Waals surface area contributed by atoms with Gasteiger partial charge in [-0.15, -0.1) is 0 Å². The van der Waals surface area contributed by atoms with Gasteiger partial charge in [-0.25, -0.2) is 0 Å². The van der Waals surface area contributed by atoms with E-state index in [0.29, 0.717) is 19.3 Å². The van der Waals surface area contributed by atoms with E-state index in [9.17, 15) is 14.4 Å². The molecular formula is C49H84O6. The molecule has 0 fully saturated rings. The van der Waals surface area contributed by atoms with Gasteiger partial charge in [-0.05, 0) is 77.0 Å². The summed E-state index contributed by atoms with van der Waals surface area (Å²) < 4.78 is 16.7. The second-order valence-corrected chi connectivity index (χ2v) is 14.9. The van der Waals surface area contributed by atoms with Gasteiger partial charge in [0.15, 0.2) is 6.10 Å². The largest absolute Gasteiger partial charge is 0.462 e. The Labute approximate surface area is 339 Å². The van der Waals surface area contributed by atoms with Crippen molar-refractivity contribution >= 4 is 17.9 Å². The van der Waals surface area contributed by atoms with Gasteiger partial charge in [0.25, 0.3) is 0 Å². The van der Waals surface area contributed by atoms with Gasteiger partial charge in [0.05, 0.1) is 0 Å². The summed E-state index contributed by atoms with van der Waals surface area (Å²) in [4.78, 5) is 37.7. The molecule has 0 spiro atoms. The van der Waals surface area contributed by atoms with Crippen molar-refractivity contribution in [2.24, 2.45) is 0 Å². The fourth-order valence-electron chi connectivity index (χ4n) is 6.08. The number of hydrogen-bond donors (Lipinski definition) is 0. The maximum absolute atomic E-state index is 12.7. The van der Waals surface area contributed by atoms with Crippen molar-refractivity contribution in [3.63, 3.8) is 0 Å². The lowest BCUT2D eigenvalue weighted by Crippen LogP contribution is -2.30. The highest BCUT2D eigenvalue weighted by molar-refractivity contribution is 5.71. The van der Waals surface area contributed by atoms with Crippen LogP contribution in [0.2, 0.25) is 0 Å². The third-order valence-corrected chi connectivity index (χ3v) is 9.49. The predicted octanol–water partition coefficient (Wildman–Crippen LogP) is 14.5. The van der Waals surface area contributed by atoms with E-state index < -0.39 is 6.10 Å². The zero-order chi connectivity index (χ0) is 40.1. The first-order chi connectivity index (χ1) is 27.0. The summed E-state index contributed by atoms with van der Waals surface area (Å²) in [6.45, 7) is 6.40. The molecule has 6 heteroatoms. The van der Waals surface area contributed by atoms with Crippen molar-refractivity contribution in [1.82, 2.24) is 0 Å². The quantitative estimate of drug-likeness (QED) is 0.0267. The molecule has 0 amide bonds. The van der Waals surface area contributed by atoms with Crippen LogP contribution in [0, 0.1) is 0 Å². The second kappa shape index (κ2) is 43.8. The first kappa shape index (κ1) is 52.1. The van der Waals surface area contributed by atoms with E-state index in [1.807, 2.05) is 0 Å². The van der Waals surface area contributed by atoms with Gasteiger partial charge in [-0.3, -0.25) is 14.4 Å². The van der Waals surface area contributed by atoms with Crippen LogP contribution in [0.4, 0.5) is 0 Å². The van der Waals surface area contributed by atoms with E-state index in [2.05, 4.69) is 81.5 Å². The lowest BCUT2D eigenvalue weighted by Gasteiger charge is -2.18. The third kappa shape index (κ3) is 42.1. The molecule has 0 N–H and O–H groups in total. The minimum atomic E-state index is -0.789. The van der Waals surface area contributed by atoms with Crippen LogP contribution in [-0.2, 0) is 28.6 Å². The predicted molar refractivity (Wildman–Crippen MR) is 233 cm³/mol. The zero-order valence-electron chi connectivity index (χ0n) is 35.9. The number of ether oxygens (including phenoxy) is 3. The SMILES string of the molecule is CC/C=C\C/C=C\C/C=C\CCCCCC(=O)OCC(COC(=O)CCCCCCCCCCCCC)OC(=O)CCCCCCC/C=C\C/C=C\CCC. The van der Waals surface area contributed by atoms with Crippen LogP contribution in [0.1, 0.15) is 213 Å². The van der Waals surface area contributed by atoms with Crippen molar-refractivity contribution in [2.75, 3.05) is 13.2 Å². The molecule has 0 bridgehead atoms. The molecule has 1 unspecified atom stereocenters. The van der Waals surface area contributed by atoms with Gasteiger partial charge in [0.1, 0.15) is 13.2 Å². The molecular weight excluding hydrogens is 685 g/mol. The molecule has 0 aliphatic heterocycles. The fraction of sp³-hybridized carbons (Fsp3) is 0.735. The van der Waals surface area contributed by atoms with Crippen LogP contribution in [0.15, 0.2) is 60.8 Å². The molecule has 0 aliphatic carbocycles. The standard InChI is InChI=1S/C49H84O6/c1-4-7-10-13-16-19-22-24-27-30-33-36-39-42-48(51)54-45-46(44-53-47(50)41-38-35-32-29-26-21-18-15-12-9-6-3)55-49(52)43-40-37-34-31-28-25-23-20-17-14-11-8-5-2/h7,10-11,14,16,19-20,23-24,27,46H,4-6,8-9,12-13,15,17-18,21-22,25-26,28-45H2,1-3H3/b10-7-,14-11-,19-16-,23-20-,27-24-. The van der Waals surface area contributed by atoms with Gasteiger partial charge in [0.2, 0.25) is 0 Å². The Balaban J connectivity index is 4.45. The van der Waals surface area contributed by atoms with E-state index in [4.69, 9.17) is 14.2 Å². The number of allylic oxidation sites excluding steroid dienone is 10. The number of hydrogen-bond acceptors (Lipinski definition) is 6. The number of rotatable bonds is 40. The van der Waals surface area contributed by atoms with Gasteiger partial charge in [0, 0.05) is 19.3 Å². The molecule has 0 rings (SSSR count). The normalized spacial score (nSPS) is 12.6. The highest BCUT2D eigenvalue weighted by Gasteiger charge is 2.19. The molecule has 0 saturated heterocycles. The van der Waals surface area contributed by atoms with Crippen LogP contribution >= 0.6 is 0 Å². The average molecular weight is 769 g/mol. The van der Waals surface area contributed by atoms with Crippen molar-refractivity contribution < 1.29 is 28.6 Å². The molecule has 0 aromatic heterocycles. The molecule has 0 aliphatic rings. The van der Waals surface area contributed by atoms with Crippen molar-refractivity contribution in [1.29, 1.82) is 0 Å². The molecule has 0 radical (unpaired) electrons. The lowest BCUT2D eigenvalue weighted by atomic mass is 10.1. The minimum absolute atomic E-state index is 0.0885. The summed E-state index contributed by atoms with van der Waals surface area (Å²) >= 11 is 0. The molecule has 0 heterocycles. The van der Waals surface area contributed by atoms with Crippen LogP contribution in [0.5, 0.6) is 0 Å². The Morgan fingerprint density at radius 1 is 0.382 bits per heavy atom. The molecule has 6 nitrogen and oxygen atoms in total. The minimum Gasteiger partial charge on any atom is -0.462 e. The first-order valence-electron chi connectivity index (χ1n) is 22.8. The van der Waals surface area contributed by atoms with Crippen molar-refractivity contribution in [3.8, 4) is 0 Å². The van der Waals surface area contributed by atoms with E-state index in [1.165, 1.54) is 57.8 Å². The maximum atomic E-state index is 12.7. The molecule has 316 valence electrons. The number of carbonyl (C=O) groups excluding carboxylic acids is 3. The summed E-state index contributed by atoms with van der Waals surface area (Å²) in [5.41, 5.74) is 0. The molecule has 0 aromatic carbocycles. The van der Waals surface area contributed by atoms with E-state index >= 15 is 0 Å². The van der Waals surface area contributed by atoms with Gasteiger partial charge in [-0.2, -0.15) is 0 Å². The van der Waals surface area contributed by atoms with Crippen molar-refractivity contribution in [2.45, 2.75) is 219 Å². The summed E-state index contributed by atoms with van der Waals surface area (Å²) in [6, 6.07) is 0. The lowest BCUT2D eigenvalue weighted by molar-refractivity contribution is -0.167. The van der Waals surface area contributed by atoms with Crippen LogP contribution < -0.4 is 0 Å². The summed E-state index contributed by atoms with van der Waals surface area (Å²) in [5.74, 6) is -0.937. The second-order valence-electron chi connectivity index (χ2n) is 14.9. The Morgan fingerprint density at radius 3 is 1.20 bits per heavy atom. The zero-order valence-corrected chi connectivity index (χ0v) is 35.9. The Hall–Kier alpha value is -2.89. The summed E-state index contributed by atoms with van der Waals surface area (Å²) in [5, 5.41) is 0. The Bertz CT molecular complexity index is 1020. The summed E-state index contributed by atoms with van der Waals surface area (Å²) in [7, 11) is 0. The highest BCUT2D eigenvalue weighted by atomic mass is 16.6. The van der Waals surface area contributed by atoms with E-state index in [1.54, 1.807) is 0 Å². The summed E-state index contributed by atoms with van der Waals surface area (Å²) in [6.07, 6.45) is 52.0. The monoisotopic (exact) mass is 769 g/mol. The van der Waals surface area contributed by atoms with Gasteiger partial charge in [-0.1, -0.05) is 178 Å². The van der Waals surface area contributed by atoms with Gasteiger partial charge < -0.3 is 14.2 Å². The van der Waals surface area contributed by atoms with Crippen LogP contribution in [0.25, 0.3) is 0 Å². The Morgan fingerprint density at radius 2 is 0.745 bits per heavy atom. The molecule has 0 aromatic rings. The maximum Gasteiger partial charge on any atom is 0.306 e.